The van der Waals surface area contributed by atoms with Crippen molar-refractivity contribution in [2.24, 2.45) is 5.73 Å². The molecule has 0 saturated heterocycles. The van der Waals surface area contributed by atoms with Gasteiger partial charge in [0.2, 0.25) is 0 Å². The highest BCUT2D eigenvalue weighted by molar-refractivity contribution is 9.10. The molecule has 0 fully saturated rings. The average Bonchev–Trinajstić information content (AvgIpc) is 2.41. The quantitative estimate of drug-likeness (QED) is 0.796. The monoisotopic (exact) mass is 337 g/mol. The lowest BCUT2D eigenvalue weighted by Crippen LogP contribution is -2.19. The highest BCUT2D eigenvalue weighted by atomic mass is 79.9. The number of benzene rings is 2. The van der Waals surface area contributed by atoms with Crippen molar-refractivity contribution in [2.45, 2.75) is 6.54 Å². The summed E-state index contributed by atoms with van der Waals surface area (Å²) in [5, 5.41) is 5.65. The summed E-state index contributed by atoms with van der Waals surface area (Å²) in [4.78, 5) is 10.7. The number of rotatable bonds is 4. The molecule has 2 rings (SSSR count). The highest BCUT2D eigenvalue weighted by Gasteiger charge is 2.02. The molecule has 6 heteroatoms. The molecule has 0 atom stereocenters. The standard InChI is InChI=1S/C14H13BrFN3O/c15-13-6-1-10(16)7-9(13)8-18-11-2-4-12(5-3-11)19-14(17)20/h1-7,18H,8H2,(H3,17,19,20). The smallest absolute Gasteiger partial charge is 0.316 e. The summed E-state index contributed by atoms with van der Waals surface area (Å²) in [5.74, 6) is -0.272. The van der Waals surface area contributed by atoms with Gasteiger partial charge in [0.15, 0.2) is 0 Å². The molecular formula is C14H13BrFN3O. The van der Waals surface area contributed by atoms with E-state index in [0.717, 1.165) is 15.7 Å². The molecule has 0 unspecified atom stereocenters. The molecule has 4 N–H and O–H groups in total. The van der Waals surface area contributed by atoms with Crippen LogP contribution in [0.25, 0.3) is 0 Å². The van der Waals surface area contributed by atoms with Crippen molar-refractivity contribution in [3.8, 4) is 0 Å². The Morgan fingerprint density at radius 3 is 2.45 bits per heavy atom. The van der Waals surface area contributed by atoms with Crippen molar-refractivity contribution in [1.82, 2.24) is 0 Å². The molecule has 0 heterocycles. The molecule has 4 nitrogen and oxygen atoms in total. The number of hydrogen-bond acceptors (Lipinski definition) is 2. The summed E-state index contributed by atoms with van der Waals surface area (Å²) in [6.45, 7) is 0.487. The van der Waals surface area contributed by atoms with Crippen LogP contribution in [0.3, 0.4) is 0 Å². The summed E-state index contributed by atoms with van der Waals surface area (Å²) in [6, 6.07) is 11.0. The minimum Gasteiger partial charge on any atom is -0.381 e. The molecule has 0 aromatic heterocycles. The fourth-order valence-corrected chi connectivity index (χ4v) is 2.08. The van der Waals surface area contributed by atoms with E-state index >= 15 is 0 Å². The zero-order chi connectivity index (χ0) is 14.5. The number of carbonyl (C=O) groups excluding carboxylic acids is 1. The van der Waals surface area contributed by atoms with Crippen molar-refractivity contribution in [2.75, 3.05) is 10.6 Å². The Labute approximate surface area is 124 Å². The molecule has 20 heavy (non-hydrogen) atoms. The van der Waals surface area contributed by atoms with E-state index in [1.807, 2.05) is 0 Å². The Kier molecular flexibility index (Phi) is 4.57. The van der Waals surface area contributed by atoms with Gasteiger partial charge in [-0.2, -0.15) is 0 Å². The molecule has 0 spiro atoms. The van der Waals surface area contributed by atoms with Crippen LogP contribution in [0, 0.1) is 5.82 Å². The zero-order valence-electron chi connectivity index (χ0n) is 10.5. The van der Waals surface area contributed by atoms with Crippen LogP contribution in [0.4, 0.5) is 20.6 Å². The molecule has 0 aliphatic heterocycles. The minimum atomic E-state index is -0.602. The third kappa shape index (κ3) is 3.96. The Morgan fingerprint density at radius 1 is 1.15 bits per heavy atom. The molecule has 0 aliphatic carbocycles. The molecule has 0 saturated carbocycles. The van der Waals surface area contributed by atoms with E-state index in [0.29, 0.717) is 12.2 Å². The number of anilines is 2. The van der Waals surface area contributed by atoms with Gasteiger partial charge in [0.1, 0.15) is 5.82 Å². The predicted molar refractivity (Wildman–Crippen MR) is 81.1 cm³/mol. The number of urea groups is 1. The van der Waals surface area contributed by atoms with E-state index in [-0.39, 0.29) is 5.82 Å². The third-order valence-electron chi connectivity index (χ3n) is 2.64. The summed E-state index contributed by atoms with van der Waals surface area (Å²) in [7, 11) is 0. The first-order valence-corrected chi connectivity index (χ1v) is 6.68. The topological polar surface area (TPSA) is 67.2 Å². The van der Waals surface area contributed by atoms with Gasteiger partial charge in [-0.05, 0) is 48.0 Å². The first kappa shape index (κ1) is 14.3. The Morgan fingerprint density at radius 2 is 1.80 bits per heavy atom. The van der Waals surface area contributed by atoms with Crippen LogP contribution in [0.2, 0.25) is 0 Å². The van der Waals surface area contributed by atoms with Crippen LogP contribution in [0.1, 0.15) is 5.56 Å². The van der Waals surface area contributed by atoms with Gasteiger partial charge in [-0.15, -0.1) is 0 Å². The Balaban J connectivity index is 2.00. The zero-order valence-corrected chi connectivity index (χ0v) is 12.1. The Hall–Kier alpha value is -2.08. The normalized spacial score (nSPS) is 10.1. The minimum absolute atomic E-state index is 0.272. The molecule has 0 aliphatic rings. The van der Waals surface area contributed by atoms with Crippen molar-refractivity contribution >= 4 is 33.3 Å². The summed E-state index contributed by atoms with van der Waals surface area (Å²) < 4.78 is 14.0. The second kappa shape index (κ2) is 6.38. The highest BCUT2D eigenvalue weighted by Crippen LogP contribution is 2.20. The van der Waals surface area contributed by atoms with E-state index in [1.165, 1.54) is 12.1 Å². The third-order valence-corrected chi connectivity index (χ3v) is 3.42. The maximum absolute atomic E-state index is 13.1. The lowest BCUT2D eigenvalue weighted by atomic mass is 10.2. The largest absolute Gasteiger partial charge is 0.381 e. The molecule has 0 bridgehead atoms. The van der Waals surface area contributed by atoms with Gasteiger partial charge in [0.25, 0.3) is 0 Å². The lowest BCUT2D eigenvalue weighted by Gasteiger charge is -2.09. The molecule has 2 amide bonds. The summed E-state index contributed by atoms with van der Waals surface area (Å²) in [5.41, 5.74) is 7.32. The number of amides is 2. The van der Waals surface area contributed by atoms with Gasteiger partial charge < -0.3 is 16.4 Å². The predicted octanol–water partition coefficient (Wildman–Crippen LogP) is 3.69. The van der Waals surface area contributed by atoms with E-state index < -0.39 is 6.03 Å². The summed E-state index contributed by atoms with van der Waals surface area (Å²) >= 11 is 3.37. The van der Waals surface area contributed by atoms with Crippen LogP contribution in [0.15, 0.2) is 46.9 Å². The molecular weight excluding hydrogens is 325 g/mol. The molecule has 0 radical (unpaired) electrons. The van der Waals surface area contributed by atoms with Crippen molar-refractivity contribution in [3.63, 3.8) is 0 Å². The van der Waals surface area contributed by atoms with Crippen LogP contribution in [0.5, 0.6) is 0 Å². The molecule has 2 aromatic rings. The SMILES string of the molecule is NC(=O)Nc1ccc(NCc2cc(F)ccc2Br)cc1. The number of hydrogen-bond donors (Lipinski definition) is 3. The van der Waals surface area contributed by atoms with Crippen LogP contribution >= 0.6 is 15.9 Å². The van der Waals surface area contributed by atoms with E-state index in [2.05, 4.69) is 26.6 Å². The summed E-state index contributed by atoms with van der Waals surface area (Å²) in [6.07, 6.45) is 0. The second-order valence-electron chi connectivity index (χ2n) is 4.16. The fraction of sp³-hybridized carbons (Fsp3) is 0.0714. The van der Waals surface area contributed by atoms with Crippen LogP contribution in [-0.4, -0.2) is 6.03 Å². The maximum Gasteiger partial charge on any atom is 0.316 e. The number of primary amides is 1. The van der Waals surface area contributed by atoms with Crippen LogP contribution < -0.4 is 16.4 Å². The maximum atomic E-state index is 13.1. The molecule has 104 valence electrons. The van der Waals surface area contributed by atoms with Crippen LogP contribution in [-0.2, 0) is 6.54 Å². The van der Waals surface area contributed by atoms with Crippen molar-refractivity contribution < 1.29 is 9.18 Å². The Bertz CT molecular complexity index is 616. The second-order valence-corrected chi connectivity index (χ2v) is 5.01. The van der Waals surface area contributed by atoms with Gasteiger partial charge in [0, 0.05) is 22.4 Å². The van der Waals surface area contributed by atoms with Crippen molar-refractivity contribution in [3.05, 3.63) is 58.3 Å². The molecule has 2 aromatic carbocycles. The number of halogens is 2. The van der Waals surface area contributed by atoms with Gasteiger partial charge in [0.05, 0.1) is 0 Å². The van der Waals surface area contributed by atoms with E-state index in [9.17, 15) is 9.18 Å². The van der Waals surface area contributed by atoms with E-state index in [4.69, 9.17) is 5.73 Å². The average molecular weight is 338 g/mol. The van der Waals surface area contributed by atoms with Gasteiger partial charge in [-0.1, -0.05) is 15.9 Å². The first-order valence-electron chi connectivity index (χ1n) is 5.89. The van der Waals surface area contributed by atoms with Crippen molar-refractivity contribution in [1.29, 1.82) is 0 Å². The van der Waals surface area contributed by atoms with Gasteiger partial charge in [-0.25, -0.2) is 9.18 Å². The number of nitrogens with two attached hydrogens (primary N) is 1. The number of carbonyl (C=O) groups is 1. The fourth-order valence-electron chi connectivity index (χ4n) is 1.69. The lowest BCUT2D eigenvalue weighted by molar-refractivity contribution is 0.259. The van der Waals surface area contributed by atoms with Gasteiger partial charge in [-0.3, -0.25) is 0 Å². The van der Waals surface area contributed by atoms with Gasteiger partial charge >= 0.3 is 6.03 Å². The first-order chi connectivity index (χ1) is 9.54. The number of nitrogens with one attached hydrogen (secondary N) is 2. The van der Waals surface area contributed by atoms with E-state index in [1.54, 1.807) is 30.3 Å².